The summed E-state index contributed by atoms with van der Waals surface area (Å²) in [5.41, 5.74) is 0. The SMILES string of the molecule is CCCCCCCCOC(=O)CCCCCCCCC(CCCCCCCCC(O)OCC(CCCC)CCCCCC)N(C)CCO. The van der Waals surface area contributed by atoms with E-state index in [0.717, 1.165) is 45.3 Å². The van der Waals surface area contributed by atoms with E-state index >= 15 is 0 Å². The molecule has 2 N–H and O–H groups in total. The molecule has 0 aliphatic carbocycles. The molecule has 0 aromatic heterocycles. The molecule has 0 rings (SSSR count). The molecule has 0 aliphatic heterocycles. The zero-order valence-electron chi connectivity index (χ0n) is 32.8. The summed E-state index contributed by atoms with van der Waals surface area (Å²) in [4.78, 5) is 14.3. The summed E-state index contributed by atoms with van der Waals surface area (Å²) < 4.78 is 11.3. The number of esters is 1. The molecule has 6 nitrogen and oxygen atoms in total. The highest BCUT2D eigenvalue weighted by Gasteiger charge is 2.15. The number of aliphatic hydroxyl groups excluding tert-OH is 2. The zero-order valence-corrected chi connectivity index (χ0v) is 32.8. The Morgan fingerprint density at radius 3 is 1.62 bits per heavy atom. The first kappa shape index (κ1) is 47.3. The van der Waals surface area contributed by atoms with E-state index in [1.807, 2.05) is 0 Å². The maximum Gasteiger partial charge on any atom is 0.305 e. The Bertz CT molecular complexity index is 648. The molecule has 0 spiro atoms. The van der Waals surface area contributed by atoms with Gasteiger partial charge in [-0.15, -0.1) is 0 Å². The molecule has 0 heterocycles. The fourth-order valence-corrected chi connectivity index (χ4v) is 6.82. The van der Waals surface area contributed by atoms with Gasteiger partial charge >= 0.3 is 5.97 Å². The number of carbonyl (C=O) groups is 1. The van der Waals surface area contributed by atoms with Crippen molar-refractivity contribution < 1.29 is 24.5 Å². The third-order valence-corrected chi connectivity index (χ3v) is 10.2. The Morgan fingerprint density at radius 1 is 0.583 bits per heavy atom. The van der Waals surface area contributed by atoms with E-state index in [0.29, 0.717) is 25.0 Å². The first-order valence-electron chi connectivity index (χ1n) is 21.2. The Morgan fingerprint density at radius 2 is 1.04 bits per heavy atom. The van der Waals surface area contributed by atoms with Crippen LogP contribution < -0.4 is 0 Å². The van der Waals surface area contributed by atoms with Crippen LogP contribution in [0.3, 0.4) is 0 Å². The molecule has 3 atom stereocenters. The monoisotopic (exact) mass is 684 g/mol. The number of ether oxygens (including phenoxy) is 2. The van der Waals surface area contributed by atoms with Gasteiger partial charge in [0.15, 0.2) is 6.29 Å². The van der Waals surface area contributed by atoms with Crippen molar-refractivity contribution in [3.63, 3.8) is 0 Å². The van der Waals surface area contributed by atoms with Crippen molar-refractivity contribution in [3.05, 3.63) is 0 Å². The molecular weight excluding hydrogens is 598 g/mol. The molecule has 0 saturated carbocycles. The van der Waals surface area contributed by atoms with Crippen LogP contribution in [-0.4, -0.2) is 66.8 Å². The molecule has 0 aliphatic rings. The molecule has 0 bridgehead atoms. The van der Waals surface area contributed by atoms with Gasteiger partial charge in [-0.3, -0.25) is 4.79 Å². The standard InChI is InChI=1S/C42H85NO5/c1-5-8-11-13-22-28-37-47-41(45)33-26-20-16-14-18-24-31-40(43(4)35-36-44)32-25-19-15-17-21-27-34-42(46)48-38-39(29-10-7-3)30-23-12-9-6-2/h39-40,42,44,46H,5-38H2,1-4H3. The highest BCUT2D eigenvalue weighted by Crippen LogP contribution is 2.21. The number of unbranched alkanes of at least 4 members (excludes halogenated alkanes) is 19. The highest BCUT2D eigenvalue weighted by molar-refractivity contribution is 5.69. The highest BCUT2D eigenvalue weighted by atomic mass is 16.6. The summed E-state index contributed by atoms with van der Waals surface area (Å²) in [5.74, 6) is 0.585. The maximum absolute atomic E-state index is 11.9. The average molecular weight is 684 g/mol. The summed E-state index contributed by atoms with van der Waals surface area (Å²) in [6.45, 7) is 9.04. The second-order valence-electron chi connectivity index (χ2n) is 14.9. The zero-order chi connectivity index (χ0) is 35.3. The largest absolute Gasteiger partial charge is 0.466 e. The van der Waals surface area contributed by atoms with Gasteiger partial charge in [0, 0.05) is 19.0 Å². The van der Waals surface area contributed by atoms with E-state index in [1.165, 1.54) is 154 Å². The Balaban J connectivity index is 3.91. The van der Waals surface area contributed by atoms with Gasteiger partial charge in [0.2, 0.25) is 0 Å². The third kappa shape index (κ3) is 32.5. The van der Waals surface area contributed by atoms with E-state index in [1.54, 1.807) is 0 Å². The van der Waals surface area contributed by atoms with Crippen LogP contribution in [-0.2, 0) is 14.3 Å². The number of hydrogen-bond donors (Lipinski definition) is 2. The van der Waals surface area contributed by atoms with Crippen molar-refractivity contribution in [2.24, 2.45) is 5.92 Å². The lowest BCUT2D eigenvalue weighted by Gasteiger charge is -2.27. The van der Waals surface area contributed by atoms with Gasteiger partial charge in [-0.2, -0.15) is 0 Å². The van der Waals surface area contributed by atoms with Crippen molar-refractivity contribution in [2.75, 3.05) is 33.4 Å². The summed E-state index contributed by atoms with van der Waals surface area (Å²) in [7, 11) is 2.16. The number of carbonyl (C=O) groups excluding carboxylic acids is 1. The molecule has 0 fully saturated rings. The molecule has 0 aromatic rings. The normalized spacial score (nSPS) is 13.6. The minimum atomic E-state index is -0.601. The number of aliphatic hydroxyl groups is 2. The topological polar surface area (TPSA) is 79.2 Å². The molecular formula is C42H85NO5. The number of nitrogens with zero attached hydrogens (tertiary/aromatic N) is 1. The van der Waals surface area contributed by atoms with Gasteiger partial charge in [0.25, 0.3) is 0 Å². The van der Waals surface area contributed by atoms with Crippen LogP contribution in [0.1, 0.15) is 213 Å². The fourth-order valence-electron chi connectivity index (χ4n) is 6.82. The summed E-state index contributed by atoms with van der Waals surface area (Å²) in [5, 5.41) is 19.9. The summed E-state index contributed by atoms with van der Waals surface area (Å²) in [6.07, 6.45) is 34.9. The van der Waals surface area contributed by atoms with Crippen molar-refractivity contribution in [2.45, 2.75) is 226 Å². The Kier molecular flexibility index (Phi) is 37.0. The van der Waals surface area contributed by atoms with Crippen LogP contribution in [0.5, 0.6) is 0 Å². The van der Waals surface area contributed by atoms with Crippen LogP contribution in [0.2, 0.25) is 0 Å². The van der Waals surface area contributed by atoms with Crippen LogP contribution in [0.15, 0.2) is 0 Å². The van der Waals surface area contributed by atoms with Gasteiger partial charge in [0.1, 0.15) is 0 Å². The van der Waals surface area contributed by atoms with E-state index in [9.17, 15) is 15.0 Å². The van der Waals surface area contributed by atoms with Crippen molar-refractivity contribution >= 4 is 5.97 Å². The van der Waals surface area contributed by atoms with E-state index in [4.69, 9.17) is 9.47 Å². The first-order chi connectivity index (χ1) is 23.5. The summed E-state index contributed by atoms with van der Waals surface area (Å²) >= 11 is 0. The van der Waals surface area contributed by atoms with E-state index in [-0.39, 0.29) is 12.6 Å². The van der Waals surface area contributed by atoms with Gasteiger partial charge in [-0.1, -0.05) is 156 Å². The molecule has 0 aromatic carbocycles. The molecule has 288 valence electrons. The van der Waals surface area contributed by atoms with E-state index in [2.05, 4.69) is 32.7 Å². The molecule has 0 saturated heterocycles. The van der Waals surface area contributed by atoms with Gasteiger partial charge < -0.3 is 24.6 Å². The number of rotatable bonds is 39. The third-order valence-electron chi connectivity index (χ3n) is 10.2. The van der Waals surface area contributed by atoms with E-state index < -0.39 is 6.29 Å². The van der Waals surface area contributed by atoms with Crippen LogP contribution in [0.4, 0.5) is 0 Å². The second kappa shape index (κ2) is 37.6. The number of likely N-dealkylation sites (N-methyl/N-ethyl adjacent to an activating group) is 1. The minimum Gasteiger partial charge on any atom is -0.466 e. The van der Waals surface area contributed by atoms with Crippen molar-refractivity contribution in [3.8, 4) is 0 Å². The van der Waals surface area contributed by atoms with Gasteiger partial charge in [0.05, 0.1) is 19.8 Å². The Labute approximate surface area is 299 Å². The lowest BCUT2D eigenvalue weighted by molar-refractivity contribution is -0.143. The lowest BCUT2D eigenvalue weighted by atomic mass is 9.96. The van der Waals surface area contributed by atoms with Gasteiger partial charge in [-0.25, -0.2) is 0 Å². The Hall–Kier alpha value is -0.690. The minimum absolute atomic E-state index is 0.0171. The smallest absolute Gasteiger partial charge is 0.305 e. The van der Waals surface area contributed by atoms with Gasteiger partial charge in [-0.05, 0) is 64.3 Å². The number of hydrogen-bond acceptors (Lipinski definition) is 6. The summed E-state index contributed by atoms with van der Waals surface area (Å²) in [6, 6.07) is 0.554. The van der Waals surface area contributed by atoms with Crippen LogP contribution in [0.25, 0.3) is 0 Å². The average Bonchev–Trinajstić information content (AvgIpc) is 3.08. The second-order valence-corrected chi connectivity index (χ2v) is 14.9. The van der Waals surface area contributed by atoms with Crippen molar-refractivity contribution in [1.82, 2.24) is 4.90 Å². The fraction of sp³-hybridized carbons (Fsp3) is 0.976. The van der Waals surface area contributed by atoms with Crippen LogP contribution >= 0.6 is 0 Å². The first-order valence-corrected chi connectivity index (χ1v) is 21.2. The molecule has 0 amide bonds. The quantitative estimate of drug-likeness (QED) is 0.0381. The van der Waals surface area contributed by atoms with Crippen LogP contribution in [0, 0.1) is 5.92 Å². The lowest BCUT2D eigenvalue weighted by Crippen LogP contribution is -2.34. The predicted molar refractivity (Wildman–Crippen MR) is 205 cm³/mol. The maximum atomic E-state index is 11.9. The van der Waals surface area contributed by atoms with Crippen molar-refractivity contribution in [1.29, 1.82) is 0 Å². The molecule has 0 radical (unpaired) electrons. The molecule has 48 heavy (non-hydrogen) atoms. The molecule has 6 heteroatoms. The predicted octanol–water partition coefficient (Wildman–Crippen LogP) is 11.5. The molecule has 3 unspecified atom stereocenters.